The highest BCUT2D eigenvalue weighted by Gasteiger charge is 2.27. The van der Waals surface area contributed by atoms with Crippen molar-refractivity contribution in [1.82, 2.24) is 4.90 Å². The van der Waals surface area contributed by atoms with Crippen LogP contribution in [0.2, 0.25) is 5.02 Å². The fourth-order valence-electron chi connectivity index (χ4n) is 3.09. The van der Waals surface area contributed by atoms with Gasteiger partial charge < -0.3 is 4.90 Å². The van der Waals surface area contributed by atoms with Crippen LogP contribution >= 0.6 is 11.6 Å². The normalized spacial score (nSPS) is 15.4. The number of amides is 1. The fraction of sp³-hybridized carbons (Fsp3) is 0.238. The van der Waals surface area contributed by atoms with Gasteiger partial charge >= 0.3 is 0 Å². The number of benzene rings is 2. The van der Waals surface area contributed by atoms with Gasteiger partial charge in [-0.3, -0.25) is 9.59 Å². The highest BCUT2D eigenvalue weighted by Crippen LogP contribution is 2.22. The molecule has 0 spiro atoms. The number of nitrogens with zero attached hydrogens (tertiary/aromatic N) is 1. The van der Waals surface area contributed by atoms with Crippen molar-refractivity contribution in [1.29, 1.82) is 0 Å². The summed E-state index contributed by atoms with van der Waals surface area (Å²) in [5, 5.41) is 0.0276. The van der Waals surface area contributed by atoms with E-state index in [1.54, 1.807) is 17.0 Å². The summed E-state index contributed by atoms with van der Waals surface area (Å²) < 4.78 is 13.2. The van der Waals surface area contributed by atoms with Crippen LogP contribution in [0.25, 0.3) is 6.08 Å². The van der Waals surface area contributed by atoms with Crippen molar-refractivity contribution in [2.24, 2.45) is 5.92 Å². The summed E-state index contributed by atoms with van der Waals surface area (Å²) in [5.74, 6) is -0.494. The van der Waals surface area contributed by atoms with Crippen LogP contribution in [-0.2, 0) is 4.79 Å². The number of Topliss-reactive ketones (excluding diaryl/α,β-unsaturated/α-hetero) is 1. The standard InChI is InChI=1S/C21H19ClFNO2/c22-18-14-15(6-8-19(18)23)7-9-20(25)24-12-10-17(11-13-24)21(26)16-4-2-1-3-5-16/h1-9,14,17H,10-13H2/b9-7+. The number of ketones is 1. The van der Waals surface area contributed by atoms with Crippen LogP contribution in [0, 0.1) is 11.7 Å². The lowest BCUT2D eigenvalue weighted by Crippen LogP contribution is -2.39. The van der Waals surface area contributed by atoms with Gasteiger partial charge in [0.15, 0.2) is 5.78 Å². The summed E-state index contributed by atoms with van der Waals surface area (Å²) in [5.41, 5.74) is 1.39. The Morgan fingerprint density at radius 1 is 1.08 bits per heavy atom. The molecule has 0 radical (unpaired) electrons. The SMILES string of the molecule is O=C(c1ccccc1)C1CCN(C(=O)/C=C/c2ccc(F)c(Cl)c2)CC1. The van der Waals surface area contributed by atoms with E-state index in [4.69, 9.17) is 11.6 Å². The van der Waals surface area contributed by atoms with E-state index < -0.39 is 5.82 Å². The number of carbonyl (C=O) groups excluding carboxylic acids is 2. The molecule has 3 nitrogen and oxygen atoms in total. The second kappa shape index (κ2) is 8.28. The third-order valence-electron chi connectivity index (χ3n) is 4.60. The lowest BCUT2D eigenvalue weighted by molar-refractivity contribution is -0.127. The Balaban J connectivity index is 1.55. The highest BCUT2D eigenvalue weighted by molar-refractivity contribution is 6.30. The Morgan fingerprint density at radius 2 is 1.77 bits per heavy atom. The lowest BCUT2D eigenvalue weighted by Gasteiger charge is -2.30. The summed E-state index contributed by atoms with van der Waals surface area (Å²) in [7, 11) is 0. The number of piperidine rings is 1. The zero-order chi connectivity index (χ0) is 18.5. The fourth-order valence-corrected chi connectivity index (χ4v) is 3.28. The van der Waals surface area contributed by atoms with Gasteiger partial charge in [0.25, 0.3) is 0 Å². The number of likely N-dealkylation sites (tertiary alicyclic amines) is 1. The van der Waals surface area contributed by atoms with Crippen molar-refractivity contribution >= 4 is 29.4 Å². The van der Waals surface area contributed by atoms with E-state index in [0.717, 1.165) is 5.56 Å². The second-order valence-electron chi connectivity index (χ2n) is 6.34. The van der Waals surface area contributed by atoms with Crippen molar-refractivity contribution in [3.8, 4) is 0 Å². The molecule has 1 amide bonds. The minimum Gasteiger partial charge on any atom is -0.339 e. The molecule has 1 heterocycles. The van der Waals surface area contributed by atoms with E-state index in [1.807, 2.05) is 30.3 Å². The quantitative estimate of drug-likeness (QED) is 0.581. The molecule has 0 bridgehead atoms. The molecular weight excluding hydrogens is 353 g/mol. The Morgan fingerprint density at radius 3 is 2.42 bits per heavy atom. The van der Waals surface area contributed by atoms with E-state index in [9.17, 15) is 14.0 Å². The van der Waals surface area contributed by atoms with E-state index in [-0.39, 0.29) is 22.6 Å². The van der Waals surface area contributed by atoms with Crippen LogP contribution in [0.15, 0.2) is 54.6 Å². The Bertz CT molecular complexity index is 827. The van der Waals surface area contributed by atoms with Crippen molar-refractivity contribution in [3.05, 3.63) is 76.6 Å². The molecule has 0 unspecified atom stereocenters. The average Bonchev–Trinajstić information content (AvgIpc) is 2.69. The summed E-state index contributed by atoms with van der Waals surface area (Å²) in [6.45, 7) is 1.10. The molecular formula is C21H19ClFNO2. The van der Waals surface area contributed by atoms with Gasteiger partial charge in [-0.2, -0.15) is 0 Å². The number of hydrogen-bond donors (Lipinski definition) is 0. The van der Waals surface area contributed by atoms with Crippen molar-refractivity contribution < 1.29 is 14.0 Å². The van der Waals surface area contributed by atoms with Gasteiger partial charge in [-0.05, 0) is 36.6 Å². The topological polar surface area (TPSA) is 37.4 Å². The molecule has 2 aromatic carbocycles. The lowest BCUT2D eigenvalue weighted by atomic mass is 9.89. The maximum atomic E-state index is 13.2. The predicted octanol–water partition coefficient (Wildman–Crippen LogP) is 4.61. The molecule has 0 atom stereocenters. The second-order valence-corrected chi connectivity index (χ2v) is 6.74. The molecule has 1 aliphatic heterocycles. The first kappa shape index (κ1) is 18.3. The van der Waals surface area contributed by atoms with Crippen LogP contribution in [0.5, 0.6) is 0 Å². The molecule has 1 fully saturated rings. The number of carbonyl (C=O) groups is 2. The molecule has 26 heavy (non-hydrogen) atoms. The molecule has 3 rings (SSSR count). The Hall–Kier alpha value is -2.46. The van der Waals surface area contributed by atoms with Gasteiger partial charge in [-0.15, -0.1) is 0 Å². The Labute approximate surface area is 157 Å². The van der Waals surface area contributed by atoms with Gasteiger partial charge in [0.1, 0.15) is 5.82 Å². The first-order valence-electron chi connectivity index (χ1n) is 8.56. The van der Waals surface area contributed by atoms with E-state index in [0.29, 0.717) is 31.5 Å². The molecule has 1 aliphatic rings. The number of halogens is 2. The van der Waals surface area contributed by atoms with Crippen molar-refractivity contribution in [3.63, 3.8) is 0 Å². The van der Waals surface area contributed by atoms with Crippen LogP contribution in [0.1, 0.15) is 28.8 Å². The molecule has 134 valence electrons. The minimum atomic E-state index is -0.486. The minimum absolute atomic E-state index is 0.0276. The first-order valence-corrected chi connectivity index (χ1v) is 8.93. The molecule has 0 N–H and O–H groups in total. The summed E-state index contributed by atoms with van der Waals surface area (Å²) in [6, 6.07) is 13.6. The predicted molar refractivity (Wildman–Crippen MR) is 101 cm³/mol. The summed E-state index contributed by atoms with van der Waals surface area (Å²) in [6.07, 6.45) is 4.41. The third-order valence-corrected chi connectivity index (χ3v) is 4.89. The highest BCUT2D eigenvalue weighted by atomic mass is 35.5. The smallest absolute Gasteiger partial charge is 0.246 e. The third kappa shape index (κ3) is 4.38. The molecule has 0 aliphatic carbocycles. The monoisotopic (exact) mass is 371 g/mol. The largest absolute Gasteiger partial charge is 0.339 e. The van der Waals surface area contributed by atoms with Crippen molar-refractivity contribution in [2.45, 2.75) is 12.8 Å². The number of hydrogen-bond acceptors (Lipinski definition) is 2. The van der Waals surface area contributed by atoms with Gasteiger partial charge in [0.05, 0.1) is 5.02 Å². The molecule has 0 saturated carbocycles. The Kier molecular flexibility index (Phi) is 5.84. The summed E-state index contributed by atoms with van der Waals surface area (Å²) >= 11 is 5.74. The van der Waals surface area contributed by atoms with E-state index in [1.165, 1.54) is 18.2 Å². The summed E-state index contributed by atoms with van der Waals surface area (Å²) in [4.78, 5) is 26.5. The maximum Gasteiger partial charge on any atom is 0.246 e. The van der Waals surface area contributed by atoms with E-state index in [2.05, 4.69) is 0 Å². The van der Waals surface area contributed by atoms with Crippen LogP contribution in [0.3, 0.4) is 0 Å². The van der Waals surface area contributed by atoms with Crippen LogP contribution in [0.4, 0.5) is 4.39 Å². The van der Waals surface area contributed by atoms with Crippen LogP contribution < -0.4 is 0 Å². The maximum absolute atomic E-state index is 13.2. The van der Waals surface area contributed by atoms with Crippen molar-refractivity contribution in [2.75, 3.05) is 13.1 Å². The molecule has 0 aromatic heterocycles. The zero-order valence-corrected chi connectivity index (χ0v) is 15.0. The first-order chi connectivity index (χ1) is 12.5. The van der Waals surface area contributed by atoms with Gasteiger partial charge in [0.2, 0.25) is 5.91 Å². The van der Waals surface area contributed by atoms with Gasteiger partial charge in [-0.25, -0.2) is 4.39 Å². The zero-order valence-electron chi connectivity index (χ0n) is 14.2. The molecule has 2 aromatic rings. The molecule has 1 saturated heterocycles. The molecule has 5 heteroatoms. The average molecular weight is 372 g/mol. The van der Waals surface area contributed by atoms with Gasteiger partial charge in [-0.1, -0.05) is 48.0 Å². The number of rotatable bonds is 4. The van der Waals surface area contributed by atoms with Gasteiger partial charge in [0, 0.05) is 30.6 Å². The van der Waals surface area contributed by atoms with E-state index >= 15 is 0 Å². The van der Waals surface area contributed by atoms with Crippen LogP contribution in [-0.4, -0.2) is 29.7 Å².